The molecule has 30 heavy (non-hydrogen) atoms. The molecule has 0 aliphatic heterocycles. The quantitative estimate of drug-likeness (QED) is 0.536. The second-order valence-corrected chi connectivity index (χ2v) is 7.77. The number of nitrogens with zero attached hydrogens (tertiary/aromatic N) is 3. The third-order valence-corrected chi connectivity index (χ3v) is 5.42. The van der Waals surface area contributed by atoms with Crippen molar-refractivity contribution in [2.75, 3.05) is 10.2 Å². The molecule has 0 atom stereocenters. The molecule has 0 bridgehead atoms. The van der Waals surface area contributed by atoms with Gasteiger partial charge in [-0.15, -0.1) is 22.7 Å². The van der Waals surface area contributed by atoms with Gasteiger partial charge in [0.05, 0.1) is 22.6 Å². The monoisotopic (exact) mass is 452 g/mol. The van der Waals surface area contributed by atoms with Crippen molar-refractivity contribution < 1.29 is 22.8 Å². The van der Waals surface area contributed by atoms with Gasteiger partial charge in [0.2, 0.25) is 11.8 Å². The van der Waals surface area contributed by atoms with Gasteiger partial charge in [0.1, 0.15) is 0 Å². The number of thiazole rings is 2. The summed E-state index contributed by atoms with van der Waals surface area (Å²) in [6.45, 7) is 3.05. The lowest BCUT2D eigenvalue weighted by atomic mass is 10.2. The lowest BCUT2D eigenvalue weighted by Gasteiger charge is -2.19. The maximum atomic E-state index is 13.0. The molecule has 2 heterocycles. The van der Waals surface area contributed by atoms with E-state index in [9.17, 15) is 22.8 Å². The van der Waals surface area contributed by atoms with Crippen LogP contribution in [0, 0.1) is 6.92 Å². The molecular weight excluding hydrogens is 437 g/mol. The van der Waals surface area contributed by atoms with Crippen LogP contribution < -0.4 is 10.2 Å². The average Bonchev–Trinajstić information content (AvgIpc) is 3.28. The summed E-state index contributed by atoms with van der Waals surface area (Å²) < 4.78 is 39.0. The Morgan fingerprint density at radius 3 is 2.57 bits per heavy atom. The third-order valence-electron chi connectivity index (χ3n) is 3.70. The fourth-order valence-electron chi connectivity index (χ4n) is 2.42. The van der Waals surface area contributed by atoms with Crippen LogP contribution in [0.1, 0.15) is 23.9 Å². The van der Waals surface area contributed by atoms with Crippen LogP contribution in [0.5, 0.6) is 0 Å². The second-order valence-electron chi connectivity index (χ2n) is 6.07. The summed E-state index contributed by atoms with van der Waals surface area (Å²) >= 11 is 2.37. The number of alkyl halides is 3. The highest BCUT2D eigenvalue weighted by Crippen LogP contribution is 2.35. The maximum absolute atomic E-state index is 13.0. The van der Waals surface area contributed by atoms with E-state index in [0.717, 1.165) is 34.1 Å². The fraction of sp³-hybridized carbons (Fsp3) is 0.158. The van der Waals surface area contributed by atoms with Gasteiger partial charge in [-0.25, -0.2) is 9.97 Å². The second kappa shape index (κ2) is 8.76. The van der Waals surface area contributed by atoms with Crippen molar-refractivity contribution in [3.8, 4) is 0 Å². The predicted octanol–water partition coefficient (Wildman–Crippen LogP) is 5.26. The van der Waals surface area contributed by atoms with Gasteiger partial charge in [0, 0.05) is 23.8 Å². The van der Waals surface area contributed by atoms with Crippen molar-refractivity contribution in [1.82, 2.24) is 9.97 Å². The van der Waals surface area contributed by atoms with Crippen molar-refractivity contribution in [2.24, 2.45) is 0 Å². The van der Waals surface area contributed by atoms with Gasteiger partial charge in [-0.3, -0.25) is 19.8 Å². The van der Waals surface area contributed by atoms with Gasteiger partial charge in [0.15, 0.2) is 10.3 Å². The Kier molecular flexibility index (Phi) is 6.32. The Bertz CT molecular complexity index is 1110. The van der Waals surface area contributed by atoms with E-state index >= 15 is 0 Å². The van der Waals surface area contributed by atoms with Gasteiger partial charge in [-0.2, -0.15) is 13.2 Å². The van der Waals surface area contributed by atoms with Crippen molar-refractivity contribution in [1.29, 1.82) is 0 Å². The number of hydrogen-bond donors (Lipinski definition) is 1. The summed E-state index contributed by atoms with van der Waals surface area (Å²) in [4.78, 5) is 33.5. The number of nitrogens with one attached hydrogen (secondary N) is 1. The standard InChI is InChI=1S/C19H15F3N4O2S2/c1-11-9-29-17(23-11)25-16(28)7-6-14-10-30-18(24-14)26(12(2)27)15-5-3-4-13(8-15)19(20,21)22/h3-10H,1-2H3,(H,23,25,28)/b7-6+. The molecule has 3 aromatic rings. The van der Waals surface area contributed by atoms with Gasteiger partial charge < -0.3 is 0 Å². The van der Waals surface area contributed by atoms with Crippen LogP contribution >= 0.6 is 22.7 Å². The summed E-state index contributed by atoms with van der Waals surface area (Å²) in [7, 11) is 0. The zero-order valence-electron chi connectivity index (χ0n) is 15.7. The molecule has 0 radical (unpaired) electrons. The summed E-state index contributed by atoms with van der Waals surface area (Å²) in [5, 5.41) is 6.67. The molecule has 156 valence electrons. The number of anilines is 3. The Morgan fingerprint density at radius 2 is 1.93 bits per heavy atom. The van der Waals surface area contributed by atoms with E-state index in [1.54, 1.807) is 10.8 Å². The van der Waals surface area contributed by atoms with E-state index < -0.39 is 23.6 Å². The lowest BCUT2D eigenvalue weighted by Crippen LogP contribution is -2.23. The number of carbonyl (C=O) groups is 2. The summed E-state index contributed by atoms with van der Waals surface area (Å²) in [5.74, 6) is -0.892. The molecule has 0 aliphatic rings. The molecule has 0 spiro atoms. The topological polar surface area (TPSA) is 75.2 Å². The van der Waals surface area contributed by atoms with Crippen LogP contribution in [0.4, 0.5) is 29.1 Å². The smallest absolute Gasteiger partial charge is 0.298 e. The molecule has 11 heteroatoms. The molecule has 0 saturated heterocycles. The predicted molar refractivity (Wildman–Crippen MR) is 111 cm³/mol. The Hall–Kier alpha value is -3.05. The van der Waals surface area contributed by atoms with Crippen LogP contribution in [0.3, 0.4) is 0 Å². The molecule has 2 aromatic heterocycles. The zero-order chi connectivity index (χ0) is 21.9. The average molecular weight is 452 g/mol. The van der Waals surface area contributed by atoms with Gasteiger partial charge in [-0.1, -0.05) is 6.07 Å². The van der Waals surface area contributed by atoms with Crippen LogP contribution in [0.15, 0.2) is 41.1 Å². The molecule has 0 saturated carbocycles. The minimum absolute atomic E-state index is 0.0547. The molecule has 1 aromatic carbocycles. The van der Waals surface area contributed by atoms with E-state index in [1.807, 2.05) is 6.92 Å². The summed E-state index contributed by atoms with van der Waals surface area (Å²) in [5.41, 5.74) is 0.372. The van der Waals surface area contributed by atoms with Crippen LogP contribution in [-0.2, 0) is 15.8 Å². The highest BCUT2D eigenvalue weighted by Gasteiger charge is 2.31. The van der Waals surface area contributed by atoms with E-state index in [0.29, 0.717) is 10.8 Å². The number of aromatic nitrogens is 2. The Morgan fingerprint density at radius 1 is 1.17 bits per heavy atom. The summed E-state index contributed by atoms with van der Waals surface area (Å²) in [6.07, 6.45) is -1.82. The first-order valence-electron chi connectivity index (χ1n) is 8.48. The van der Waals surface area contributed by atoms with Crippen LogP contribution in [0.25, 0.3) is 6.08 Å². The first-order chi connectivity index (χ1) is 14.1. The van der Waals surface area contributed by atoms with Crippen molar-refractivity contribution in [3.63, 3.8) is 0 Å². The first kappa shape index (κ1) is 21.7. The van der Waals surface area contributed by atoms with Crippen molar-refractivity contribution in [3.05, 3.63) is 58.1 Å². The minimum Gasteiger partial charge on any atom is -0.298 e. The van der Waals surface area contributed by atoms with E-state index in [4.69, 9.17) is 0 Å². The molecular formula is C19H15F3N4O2S2. The normalized spacial score (nSPS) is 11.6. The third kappa shape index (κ3) is 5.30. The fourth-order valence-corrected chi connectivity index (χ4v) is 3.97. The molecule has 0 aliphatic carbocycles. The van der Waals surface area contributed by atoms with Gasteiger partial charge in [0.25, 0.3) is 0 Å². The number of rotatable bonds is 5. The number of halogens is 3. The first-order valence-corrected chi connectivity index (χ1v) is 10.2. The maximum Gasteiger partial charge on any atom is 0.416 e. The highest BCUT2D eigenvalue weighted by atomic mass is 32.1. The minimum atomic E-state index is -4.53. The van der Waals surface area contributed by atoms with E-state index in [-0.39, 0.29) is 10.8 Å². The van der Waals surface area contributed by atoms with E-state index in [2.05, 4.69) is 15.3 Å². The van der Waals surface area contributed by atoms with Gasteiger partial charge >= 0.3 is 6.18 Å². The van der Waals surface area contributed by atoms with Crippen LogP contribution in [-0.4, -0.2) is 21.8 Å². The molecule has 0 unspecified atom stereocenters. The largest absolute Gasteiger partial charge is 0.416 e. The number of aryl methyl sites for hydroxylation is 1. The molecule has 3 rings (SSSR count). The van der Waals surface area contributed by atoms with Crippen molar-refractivity contribution >= 4 is 56.5 Å². The molecule has 0 fully saturated rings. The molecule has 1 N–H and O–H groups in total. The van der Waals surface area contributed by atoms with Gasteiger partial charge in [-0.05, 0) is 31.2 Å². The summed E-state index contributed by atoms with van der Waals surface area (Å²) in [6, 6.07) is 4.45. The Labute approximate surface area is 177 Å². The SMILES string of the molecule is CC(=O)N(c1cccc(C(F)(F)F)c1)c1nc(/C=C/C(=O)Nc2nc(C)cs2)cs1. The Balaban J connectivity index is 1.78. The molecule has 6 nitrogen and oxygen atoms in total. The number of amides is 2. The van der Waals surface area contributed by atoms with E-state index in [1.165, 1.54) is 42.5 Å². The zero-order valence-corrected chi connectivity index (χ0v) is 17.4. The lowest BCUT2D eigenvalue weighted by molar-refractivity contribution is -0.137. The van der Waals surface area contributed by atoms with Crippen LogP contribution in [0.2, 0.25) is 0 Å². The number of hydrogen-bond acceptors (Lipinski definition) is 6. The molecule has 2 amide bonds. The van der Waals surface area contributed by atoms with Crippen molar-refractivity contribution in [2.45, 2.75) is 20.0 Å². The number of benzene rings is 1. The highest BCUT2D eigenvalue weighted by molar-refractivity contribution is 7.14. The number of carbonyl (C=O) groups excluding carboxylic acids is 2.